The molecule has 1 amide bonds. The lowest BCUT2D eigenvalue weighted by Gasteiger charge is -2.22. The van der Waals surface area contributed by atoms with Gasteiger partial charge in [0.1, 0.15) is 0 Å². The SMILES string of the molecule is CC(C)(C)C(=O)CNC(=O)C1CCCCS1. The molecule has 1 N–H and O–H groups in total. The molecule has 0 aromatic carbocycles. The summed E-state index contributed by atoms with van der Waals surface area (Å²) in [5.74, 6) is 1.18. The molecule has 1 atom stereocenters. The molecule has 0 aliphatic carbocycles. The largest absolute Gasteiger partial charge is 0.348 e. The molecular formula is C12H21NO2S. The van der Waals surface area contributed by atoms with Crippen LogP contribution in [0.2, 0.25) is 0 Å². The van der Waals surface area contributed by atoms with E-state index in [0.717, 1.165) is 18.6 Å². The number of thioether (sulfide) groups is 1. The van der Waals surface area contributed by atoms with Crippen LogP contribution in [0, 0.1) is 5.41 Å². The molecule has 1 aliphatic heterocycles. The summed E-state index contributed by atoms with van der Waals surface area (Å²) in [4.78, 5) is 23.4. The molecule has 92 valence electrons. The molecule has 1 rings (SSSR count). The van der Waals surface area contributed by atoms with Gasteiger partial charge in [0.05, 0.1) is 11.8 Å². The van der Waals surface area contributed by atoms with E-state index in [-0.39, 0.29) is 28.9 Å². The monoisotopic (exact) mass is 243 g/mol. The predicted octanol–water partition coefficient (Wildman–Crippen LogP) is 2.00. The Bertz CT molecular complexity index is 265. The average molecular weight is 243 g/mol. The highest BCUT2D eigenvalue weighted by Crippen LogP contribution is 2.25. The van der Waals surface area contributed by atoms with Crippen LogP contribution in [-0.4, -0.2) is 29.2 Å². The highest BCUT2D eigenvalue weighted by atomic mass is 32.2. The number of hydrogen-bond donors (Lipinski definition) is 1. The van der Waals surface area contributed by atoms with Crippen molar-refractivity contribution in [2.75, 3.05) is 12.3 Å². The first-order valence-electron chi connectivity index (χ1n) is 5.84. The van der Waals surface area contributed by atoms with Gasteiger partial charge in [-0.15, -0.1) is 11.8 Å². The van der Waals surface area contributed by atoms with Crippen molar-refractivity contribution in [2.24, 2.45) is 5.41 Å². The Hall–Kier alpha value is -0.510. The third-order valence-corrected chi connectivity index (χ3v) is 4.11. The number of hydrogen-bond acceptors (Lipinski definition) is 3. The summed E-state index contributed by atoms with van der Waals surface area (Å²) in [7, 11) is 0. The molecule has 1 unspecified atom stereocenters. The lowest BCUT2D eigenvalue weighted by molar-refractivity contribution is -0.128. The van der Waals surface area contributed by atoms with Gasteiger partial charge in [-0.1, -0.05) is 27.2 Å². The molecule has 0 aromatic rings. The fraction of sp³-hybridized carbons (Fsp3) is 0.833. The Morgan fingerprint density at radius 3 is 2.50 bits per heavy atom. The molecule has 1 saturated heterocycles. The van der Waals surface area contributed by atoms with E-state index in [9.17, 15) is 9.59 Å². The smallest absolute Gasteiger partial charge is 0.233 e. The van der Waals surface area contributed by atoms with Gasteiger partial charge >= 0.3 is 0 Å². The maximum atomic E-state index is 11.7. The zero-order chi connectivity index (χ0) is 12.2. The van der Waals surface area contributed by atoms with Gasteiger partial charge in [0, 0.05) is 5.41 Å². The Morgan fingerprint density at radius 2 is 2.00 bits per heavy atom. The lowest BCUT2D eigenvalue weighted by atomic mass is 9.91. The molecule has 3 nitrogen and oxygen atoms in total. The van der Waals surface area contributed by atoms with Crippen LogP contribution < -0.4 is 5.32 Å². The second kappa shape index (κ2) is 5.71. The highest BCUT2D eigenvalue weighted by Gasteiger charge is 2.25. The minimum absolute atomic E-state index is 0.0299. The van der Waals surface area contributed by atoms with Gasteiger partial charge in [0.15, 0.2) is 5.78 Å². The molecule has 1 heterocycles. The first kappa shape index (κ1) is 13.6. The standard InChI is InChI=1S/C12H21NO2S/c1-12(2,3)10(14)8-13-11(15)9-6-4-5-7-16-9/h9H,4-8H2,1-3H3,(H,13,15). The van der Waals surface area contributed by atoms with Crippen molar-refractivity contribution in [1.82, 2.24) is 5.32 Å². The van der Waals surface area contributed by atoms with Crippen molar-refractivity contribution in [3.63, 3.8) is 0 Å². The predicted molar refractivity (Wildman–Crippen MR) is 67.6 cm³/mol. The van der Waals surface area contributed by atoms with Crippen molar-refractivity contribution >= 4 is 23.5 Å². The Morgan fingerprint density at radius 1 is 1.31 bits per heavy atom. The zero-order valence-electron chi connectivity index (χ0n) is 10.3. The normalized spacial score (nSPS) is 21.6. The van der Waals surface area contributed by atoms with Crippen LogP contribution in [0.25, 0.3) is 0 Å². The molecule has 1 fully saturated rings. The van der Waals surface area contributed by atoms with Crippen LogP contribution in [-0.2, 0) is 9.59 Å². The van der Waals surface area contributed by atoms with Gasteiger partial charge in [-0.05, 0) is 18.6 Å². The van der Waals surface area contributed by atoms with Crippen LogP contribution in [0.3, 0.4) is 0 Å². The molecule has 0 spiro atoms. The third kappa shape index (κ3) is 4.16. The number of amides is 1. The van der Waals surface area contributed by atoms with Crippen molar-refractivity contribution in [2.45, 2.75) is 45.3 Å². The van der Waals surface area contributed by atoms with Crippen molar-refractivity contribution in [3.8, 4) is 0 Å². The van der Waals surface area contributed by atoms with Crippen LogP contribution in [0.1, 0.15) is 40.0 Å². The number of ketones is 1. The number of Topliss-reactive ketones (excluding diaryl/α,β-unsaturated/α-hetero) is 1. The van der Waals surface area contributed by atoms with Gasteiger partial charge in [-0.2, -0.15) is 0 Å². The molecule has 0 saturated carbocycles. The van der Waals surface area contributed by atoms with Gasteiger partial charge < -0.3 is 5.32 Å². The van der Waals surface area contributed by atoms with Gasteiger partial charge in [0.2, 0.25) is 5.91 Å². The fourth-order valence-corrected chi connectivity index (χ4v) is 2.72. The molecule has 1 aliphatic rings. The van der Waals surface area contributed by atoms with Crippen LogP contribution in [0.15, 0.2) is 0 Å². The van der Waals surface area contributed by atoms with Gasteiger partial charge in [-0.3, -0.25) is 9.59 Å². The average Bonchev–Trinajstić information content (AvgIpc) is 2.25. The van der Waals surface area contributed by atoms with E-state index < -0.39 is 0 Å². The summed E-state index contributed by atoms with van der Waals surface area (Å²) < 4.78 is 0. The minimum atomic E-state index is -0.368. The maximum absolute atomic E-state index is 11.7. The summed E-state index contributed by atoms with van der Waals surface area (Å²) >= 11 is 1.71. The Labute approximate surface area is 102 Å². The van der Waals surface area contributed by atoms with Gasteiger partial charge in [-0.25, -0.2) is 0 Å². The van der Waals surface area contributed by atoms with Crippen LogP contribution in [0.5, 0.6) is 0 Å². The summed E-state index contributed by atoms with van der Waals surface area (Å²) in [5.41, 5.74) is -0.368. The molecular weight excluding hydrogens is 222 g/mol. The van der Waals surface area contributed by atoms with E-state index in [1.54, 1.807) is 11.8 Å². The Balaban J connectivity index is 2.32. The summed E-state index contributed by atoms with van der Waals surface area (Å²) in [6.07, 6.45) is 3.27. The minimum Gasteiger partial charge on any atom is -0.348 e. The molecule has 0 aromatic heterocycles. The quantitative estimate of drug-likeness (QED) is 0.824. The summed E-state index contributed by atoms with van der Waals surface area (Å²) in [6, 6.07) is 0. The molecule has 0 radical (unpaired) electrons. The van der Waals surface area contributed by atoms with E-state index in [1.807, 2.05) is 20.8 Å². The summed E-state index contributed by atoms with van der Waals surface area (Å²) in [5, 5.41) is 2.81. The maximum Gasteiger partial charge on any atom is 0.233 e. The number of rotatable bonds is 3. The number of nitrogens with one attached hydrogen (secondary N) is 1. The van der Waals surface area contributed by atoms with Crippen LogP contribution >= 0.6 is 11.8 Å². The topological polar surface area (TPSA) is 46.2 Å². The van der Waals surface area contributed by atoms with E-state index in [0.29, 0.717) is 0 Å². The molecule has 4 heteroatoms. The van der Waals surface area contributed by atoms with E-state index in [2.05, 4.69) is 5.32 Å². The second-order valence-corrected chi connectivity index (χ2v) is 6.56. The van der Waals surface area contributed by atoms with E-state index in [4.69, 9.17) is 0 Å². The lowest BCUT2D eigenvalue weighted by Crippen LogP contribution is -2.40. The van der Waals surface area contributed by atoms with Crippen molar-refractivity contribution in [1.29, 1.82) is 0 Å². The highest BCUT2D eigenvalue weighted by molar-refractivity contribution is 8.00. The zero-order valence-corrected chi connectivity index (χ0v) is 11.2. The van der Waals surface area contributed by atoms with E-state index in [1.165, 1.54) is 6.42 Å². The first-order valence-corrected chi connectivity index (χ1v) is 6.89. The van der Waals surface area contributed by atoms with E-state index >= 15 is 0 Å². The number of carbonyl (C=O) groups excluding carboxylic acids is 2. The molecule has 0 bridgehead atoms. The number of carbonyl (C=O) groups is 2. The molecule has 16 heavy (non-hydrogen) atoms. The summed E-state index contributed by atoms with van der Waals surface area (Å²) in [6.45, 7) is 5.78. The van der Waals surface area contributed by atoms with Crippen LogP contribution in [0.4, 0.5) is 0 Å². The van der Waals surface area contributed by atoms with Crippen molar-refractivity contribution < 1.29 is 9.59 Å². The first-order chi connectivity index (χ1) is 7.41. The Kier molecular flexibility index (Phi) is 4.84. The second-order valence-electron chi connectivity index (χ2n) is 5.25. The van der Waals surface area contributed by atoms with Crippen molar-refractivity contribution in [3.05, 3.63) is 0 Å². The fourth-order valence-electron chi connectivity index (χ4n) is 1.49. The third-order valence-electron chi connectivity index (χ3n) is 2.73. The van der Waals surface area contributed by atoms with Gasteiger partial charge in [0.25, 0.3) is 0 Å².